The smallest absolute Gasteiger partial charge is 0.233 e. The highest BCUT2D eigenvalue weighted by Gasteiger charge is 2.32. The third-order valence-corrected chi connectivity index (χ3v) is 5.81. The number of hydrogen-bond acceptors (Lipinski definition) is 6. The number of aromatic nitrogens is 2. The van der Waals surface area contributed by atoms with Gasteiger partial charge in [-0.25, -0.2) is 0 Å². The molecule has 6 heteroatoms. The third-order valence-electron chi connectivity index (χ3n) is 5.81. The van der Waals surface area contributed by atoms with E-state index < -0.39 is 0 Å². The van der Waals surface area contributed by atoms with Crippen molar-refractivity contribution in [2.45, 2.75) is 50.3 Å². The normalized spacial score (nSPS) is 24.2. The average molecular weight is 377 g/mol. The Morgan fingerprint density at radius 3 is 2.46 bits per heavy atom. The summed E-state index contributed by atoms with van der Waals surface area (Å²) in [6.07, 6.45) is 5.95. The number of ether oxygens (including phenoxy) is 1. The van der Waals surface area contributed by atoms with Crippen molar-refractivity contribution in [3.8, 4) is 28.6 Å². The van der Waals surface area contributed by atoms with Gasteiger partial charge in [-0.15, -0.1) is 10.2 Å². The maximum atomic E-state index is 10.4. The summed E-state index contributed by atoms with van der Waals surface area (Å²) in [6.45, 7) is 0. The molecule has 2 aromatic carbocycles. The monoisotopic (exact) mass is 377 g/mol. The molecule has 0 spiro atoms. The van der Waals surface area contributed by atoms with Crippen LogP contribution in [0.3, 0.4) is 0 Å². The van der Waals surface area contributed by atoms with Crippen molar-refractivity contribution >= 4 is 10.8 Å². The first-order valence-electron chi connectivity index (χ1n) is 9.86. The van der Waals surface area contributed by atoms with Crippen LogP contribution in [-0.4, -0.2) is 38.6 Å². The first kappa shape index (κ1) is 17.3. The summed E-state index contributed by atoms with van der Waals surface area (Å²) in [5.41, 5.74) is 1.19. The maximum absolute atomic E-state index is 10.4. The lowest BCUT2D eigenvalue weighted by Crippen LogP contribution is -2.51. The lowest BCUT2D eigenvalue weighted by molar-refractivity contribution is 0.0881. The minimum atomic E-state index is 0.104. The largest absolute Gasteiger partial charge is 0.508 e. The molecule has 5 rings (SSSR count). The first-order chi connectivity index (χ1) is 13.6. The minimum Gasteiger partial charge on any atom is -0.508 e. The highest BCUT2D eigenvalue weighted by atomic mass is 16.5. The average Bonchev–Trinajstić information content (AvgIpc) is 2.68. The van der Waals surface area contributed by atoms with Gasteiger partial charge in [-0.2, -0.15) is 0 Å². The second-order valence-corrected chi connectivity index (χ2v) is 7.86. The van der Waals surface area contributed by atoms with Crippen molar-refractivity contribution in [3.05, 3.63) is 42.5 Å². The Hall–Kier alpha value is -2.86. The predicted molar refractivity (Wildman–Crippen MR) is 107 cm³/mol. The van der Waals surface area contributed by atoms with Crippen LogP contribution in [0.2, 0.25) is 0 Å². The molecule has 2 aliphatic rings. The Kier molecular flexibility index (Phi) is 4.28. The standard InChI is InChI=1S/C22H23N3O3/c26-17-5-4-13-9-19(21(27)10-14(13)8-17)20-6-7-22(25-24-20)28-18-11-15-2-1-3-16(12-18)23-15/h4-10,15-16,18,23,26-27H,1-3,11-12H2/t15-,16+,18-. The Morgan fingerprint density at radius 1 is 0.893 bits per heavy atom. The van der Waals surface area contributed by atoms with E-state index in [1.54, 1.807) is 18.2 Å². The van der Waals surface area contributed by atoms with Gasteiger partial charge in [0.15, 0.2) is 0 Å². The van der Waals surface area contributed by atoms with Gasteiger partial charge in [0.05, 0.1) is 5.69 Å². The van der Waals surface area contributed by atoms with Crippen LogP contribution < -0.4 is 10.1 Å². The Labute approximate surface area is 163 Å². The number of nitrogens with one attached hydrogen (secondary N) is 1. The van der Waals surface area contributed by atoms with Crippen LogP contribution in [0.25, 0.3) is 22.0 Å². The van der Waals surface area contributed by atoms with E-state index in [9.17, 15) is 10.2 Å². The molecule has 0 radical (unpaired) electrons. The number of aromatic hydroxyl groups is 2. The molecule has 3 N–H and O–H groups in total. The number of piperidine rings is 2. The fourth-order valence-corrected chi connectivity index (χ4v) is 4.49. The molecule has 0 saturated carbocycles. The highest BCUT2D eigenvalue weighted by molar-refractivity contribution is 5.90. The Morgan fingerprint density at radius 2 is 1.71 bits per heavy atom. The molecule has 28 heavy (non-hydrogen) atoms. The van der Waals surface area contributed by atoms with Crippen molar-refractivity contribution in [1.82, 2.24) is 15.5 Å². The number of phenols is 2. The molecular formula is C22H23N3O3. The van der Waals surface area contributed by atoms with Crippen LogP contribution in [-0.2, 0) is 0 Å². The molecule has 2 bridgehead atoms. The summed E-state index contributed by atoms with van der Waals surface area (Å²) in [5.74, 6) is 0.800. The minimum absolute atomic E-state index is 0.104. The number of benzene rings is 2. The summed E-state index contributed by atoms with van der Waals surface area (Å²) in [5, 5.41) is 33.8. The molecule has 6 nitrogen and oxygen atoms in total. The summed E-state index contributed by atoms with van der Waals surface area (Å²) < 4.78 is 6.09. The van der Waals surface area contributed by atoms with E-state index in [2.05, 4.69) is 15.5 Å². The molecule has 144 valence electrons. The molecule has 0 amide bonds. The molecule has 0 unspecified atom stereocenters. The Bertz CT molecular complexity index is 994. The first-order valence-corrected chi connectivity index (χ1v) is 9.86. The molecule has 0 aliphatic carbocycles. The van der Waals surface area contributed by atoms with Crippen LogP contribution in [0.4, 0.5) is 0 Å². The molecule has 1 aromatic heterocycles. The fraction of sp³-hybridized carbons (Fsp3) is 0.364. The van der Waals surface area contributed by atoms with Gasteiger partial charge in [0.1, 0.15) is 17.6 Å². The summed E-state index contributed by atoms with van der Waals surface area (Å²) in [4.78, 5) is 0. The van der Waals surface area contributed by atoms with Crippen LogP contribution in [0, 0.1) is 0 Å². The second kappa shape index (κ2) is 6.95. The van der Waals surface area contributed by atoms with Gasteiger partial charge in [0.2, 0.25) is 5.88 Å². The van der Waals surface area contributed by atoms with E-state index in [1.807, 2.05) is 24.3 Å². The number of fused-ring (bicyclic) bond motifs is 3. The van der Waals surface area contributed by atoms with Gasteiger partial charge in [0, 0.05) is 23.7 Å². The molecule has 3 aromatic rings. The van der Waals surface area contributed by atoms with Crippen LogP contribution >= 0.6 is 0 Å². The van der Waals surface area contributed by atoms with Gasteiger partial charge in [-0.05, 0) is 66.8 Å². The van der Waals surface area contributed by atoms with Crippen molar-refractivity contribution < 1.29 is 14.9 Å². The predicted octanol–water partition coefficient (Wildman–Crippen LogP) is 3.76. The molecule has 2 aliphatic heterocycles. The summed E-state index contributed by atoms with van der Waals surface area (Å²) in [6, 6.07) is 13.3. The third kappa shape index (κ3) is 3.36. The molecule has 2 fully saturated rings. The SMILES string of the molecule is Oc1ccc2cc(-c3ccc(O[C@@H]4C[C@H]5CCC[C@@H](C4)N5)nn3)c(O)cc2c1. The summed E-state index contributed by atoms with van der Waals surface area (Å²) >= 11 is 0. The zero-order valence-electron chi connectivity index (χ0n) is 15.5. The zero-order chi connectivity index (χ0) is 19.1. The van der Waals surface area contributed by atoms with Crippen molar-refractivity contribution in [2.75, 3.05) is 0 Å². The van der Waals surface area contributed by atoms with Crippen molar-refractivity contribution in [3.63, 3.8) is 0 Å². The van der Waals surface area contributed by atoms with Crippen LogP contribution in [0.15, 0.2) is 42.5 Å². The van der Waals surface area contributed by atoms with Gasteiger partial charge in [0.25, 0.3) is 0 Å². The van der Waals surface area contributed by atoms with Gasteiger partial charge < -0.3 is 20.3 Å². The number of nitrogens with zero attached hydrogens (tertiary/aromatic N) is 2. The zero-order valence-corrected chi connectivity index (χ0v) is 15.5. The van der Waals surface area contributed by atoms with Crippen LogP contribution in [0.1, 0.15) is 32.1 Å². The van der Waals surface area contributed by atoms with E-state index in [4.69, 9.17) is 4.74 Å². The van der Waals surface area contributed by atoms with E-state index in [0.29, 0.717) is 29.2 Å². The number of phenolic OH excluding ortho intramolecular Hbond substituents is 2. The van der Waals surface area contributed by atoms with Gasteiger partial charge in [-0.3, -0.25) is 0 Å². The number of rotatable bonds is 3. The maximum Gasteiger partial charge on any atom is 0.233 e. The lowest BCUT2D eigenvalue weighted by Gasteiger charge is -2.39. The van der Waals surface area contributed by atoms with Crippen LogP contribution in [0.5, 0.6) is 17.4 Å². The lowest BCUT2D eigenvalue weighted by atomic mass is 9.85. The molecule has 2 saturated heterocycles. The summed E-state index contributed by atoms with van der Waals surface area (Å²) in [7, 11) is 0. The van der Waals surface area contributed by atoms with Gasteiger partial charge in [-0.1, -0.05) is 12.5 Å². The quantitative estimate of drug-likeness (QED) is 0.644. The van der Waals surface area contributed by atoms with Gasteiger partial charge >= 0.3 is 0 Å². The van der Waals surface area contributed by atoms with Crippen molar-refractivity contribution in [2.24, 2.45) is 0 Å². The topological polar surface area (TPSA) is 87.5 Å². The van der Waals surface area contributed by atoms with E-state index in [0.717, 1.165) is 23.6 Å². The molecule has 3 atom stereocenters. The van der Waals surface area contributed by atoms with E-state index in [-0.39, 0.29) is 17.6 Å². The molecule has 3 heterocycles. The fourth-order valence-electron chi connectivity index (χ4n) is 4.49. The number of hydrogen-bond donors (Lipinski definition) is 3. The molecular weight excluding hydrogens is 354 g/mol. The Balaban J connectivity index is 1.35. The second-order valence-electron chi connectivity index (χ2n) is 7.86. The van der Waals surface area contributed by atoms with Crippen molar-refractivity contribution in [1.29, 1.82) is 0 Å². The highest BCUT2D eigenvalue weighted by Crippen LogP contribution is 2.34. The van der Waals surface area contributed by atoms with E-state index >= 15 is 0 Å². The van der Waals surface area contributed by atoms with E-state index in [1.165, 1.54) is 19.3 Å².